The fraction of sp³-hybridized carbons (Fsp3) is 0.458. The van der Waals surface area contributed by atoms with Gasteiger partial charge in [0.1, 0.15) is 11.4 Å². The molecule has 4 rings (SSSR count). The summed E-state index contributed by atoms with van der Waals surface area (Å²) in [5.74, 6) is 0.310. The molecule has 2 aliphatic heterocycles. The van der Waals surface area contributed by atoms with E-state index in [0.717, 1.165) is 24.2 Å². The normalized spacial score (nSPS) is 25.2. The van der Waals surface area contributed by atoms with E-state index in [1.165, 1.54) is 0 Å². The maximum Gasteiger partial charge on any atom is 0.222 e. The average Bonchev–Trinajstić information content (AvgIpc) is 2.79. The molecule has 0 saturated carbocycles. The van der Waals surface area contributed by atoms with E-state index >= 15 is 0 Å². The largest absolute Gasteiger partial charge is 0.508 e. The van der Waals surface area contributed by atoms with Crippen LogP contribution in [0.4, 0.5) is 0 Å². The first-order valence-electron chi connectivity index (χ1n) is 10.7. The minimum absolute atomic E-state index is 0.0895. The molecule has 160 valence electrons. The molecule has 2 saturated heterocycles. The summed E-state index contributed by atoms with van der Waals surface area (Å²) in [5, 5.41) is 21.4. The topological polar surface area (TPSA) is 73.2 Å². The molecule has 2 atom stereocenters. The number of nitrogens with zero attached hydrogens (tertiary/aromatic N) is 2. The molecule has 0 aliphatic carbocycles. The van der Waals surface area contributed by atoms with Gasteiger partial charge in [-0.1, -0.05) is 42.5 Å². The van der Waals surface area contributed by atoms with Gasteiger partial charge in [0.15, 0.2) is 0 Å². The fourth-order valence-corrected chi connectivity index (χ4v) is 4.64. The molecule has 6 heteroatoms. The third-order valence-corrected chi connectivity index (χ3v) is 6.36. The summed E-state index contributed by atoms with van der Waals surface area (Å²) in [6.07, 6.45) is 1.49. The van der Waals surface area contributed by atoms with E-state index in [1.807, 2.05) is 41.3 Å². The quantitative estimate of drug-likeness (QED) is 0.790. The molecule has 2 N–H and O–H groups in total. The molecule has 0 radical (unpaired) electrons. The number of amides is 1. The predicted molar refractivity (Wildman–Crippen MR) is 114 cm³/mol. The Labute approximate surface area is 177 Å². The Kier molecular flexibility index (Phi) is 6.37. The summed E-state index contributed by atoms with van der Waals surface area (Å²) in [6.45, 7) is 3.84. The molecule has 2 heterocycles. The molecule has 30 heavy (non-hydrogen) atoms. The predicted octanol–water partition coefficient (Wildman–Crippen LogP) is 2.15. The van der Waals surface area contributed by atoms with Gasteiger partial charge in [-0.05, 0) is 36.1 Å². The van der Waals surface area contributed by atoms with Crippen molar-refractivity contribution in [3.63, 3.8) is 0 Å². The van der Waals surface area contributed by atoms with Crippen LogP contribution in [0.1, 0.15) is 24.0 Å². The van der Waals surface area contributed by atoms with Crippen LogP contribution in [0.3, 0.4) is 0 Å². The van der Waals surface area contributed by atoms with Crippen LogP contribution < -0.4 is 0 Å². The highest BCUT2D eigenvalue weighted by Gasteiger charge is 2.46. The van der Waals surface area contributed by atoms with Crippen molar-refractivity contribution in [2.75, 3.05) is 39.4 Å². The molecule has 2 aromatic rings. The van der Waals surface area contributed by atoms with Crippen molar-refractivity contribution < 1.29 is 19.7 Å². The second kappa shape index (κ2) is 9.16. The number of phenols is 1. The van der Waals surface area contributed by atoms with Gasteiger partial charge in [-0.15, -0.1) is 0 Å². The van der Waals surface area contributed by atoms with Crippen LogP contribution in [0.5, 0.6) is 5.75 Å². The Morgan fingerprint density at radius 1 is 1.07 bits per heavy atom. The molecule has 1 amide bonds. The van der Waals surface area contributed by atoms with E-state index in [1.54, 1.807) is 18.2 Å². The molecular formula is C24H30N2O4. The van der Waals surface area contributed by atoms with Crippen molar-refractivity contribution in [3.05, 3.63) is 65.7 Å². The number of benzene rings is 2. The maximum absolute atomic E-state index is 13.0. The highest BCUT2D eigenvalue weighted by Crippen LogP contribution is 2.36. The number of rotatable bonds is 5. The molecular weight excluding hydrogens is 380 g/mol. The number of ether oxygens (including phenoxy) is 1. The molecule has 2 fully saturated rings. The number of hydrogen-bond acceptors (Lipinski definition) is 5. The molecule has 0 spiro atoms. The van der Waals surface area contributed by atoms with E-state index in [9.17, 15) is 15.0 Å². The Balaban J connectivity index is 1.48. The lowest BCUT2D eigenvalue weighted by Gasteiger charge is -2.50. The molecule has 0 unspecified atom stereocenters. The average molecular weight is 411 g/mol. The smallest absolute Gasteiger partial charge is 0.222 e. The summed E-state index contributed by atoms with van der Waals surface area (Å²) >= 11 is 0. The monoisotopic (exact) mass is 410 g/mol. The van der Waals surface area contributed by atoms with Gasteiger partial charge >= 0.3 is 0 Å². The first-order chi connectivity index (χ1) is 14.6. The van der Waals surface area contributed by atoms with E-state index in [0.29, 0.717) is 45.6 Å². The third kappa shape index (κ3) is 4.51. The van der Waals surface area contributed by atoms with Crippen molar-refractivity contribution in [3.8, 4) is 5.75 Å². The highest BCUT2D eigenvalue weighted by molar-refractivity contribution is 5.76. The fourth-order valence-electron chi connectivity index (χ4n) is 4.64. The summed E-state index contributed by atoms with van der Waals surface area (Å²) < 4.78 is 5.51. The molecule has 2 aliphatic rings. The number of aliphatic hydroxyl groups is 1. The molecule has 0 aromatic heterocycles. The zero-order valence-corrected chi connectivity index (χ0v) is 17.2. The minimum atomic E-state index is -0.986. The number of aromatic hydroxyl groups is 1. The number of carbonyl (C=O) groups is 1. The van der Waals surface area contributed by atoms with Gasteiger partial charge < -0.3 is 19.8 Å². The lowest BCUT2D eigenvalue weighted by Crippen LogP contribution is -2.63. The number of morpholine rings is 1. The number of likely N-dealkylation sites (tertiary alicyclic amines) is 1. The van der Waals surface area contributed by atoms with Crippen LogP contribution in [-0.2, 0) is 21.6 Å². The number of carbonyl (C=O) groups excluding carboxylic acids is 1. The Morgan fingerprint density at radius 2 is 1.83 bits per heavy atom. The first-order valence-corrected chi connectivity index (χ1v) is 10.7. The number of phenolic OH excluding ortho intramolecular Hbond substituents is 1. The van der Waals surface area contributed by atoms with Crippen LogP contribution in [0.25, 0.3) is 0 Å². The summed E-state index contributed by atoms with van der Waals surface area (Å²) in [7, 11) is 0. The van der Waals surface area contributed by atoms with E-state index in [-0.39, 0.29) is 17.7 Å². The summed E-state index contributed by atoms with van der Waals surface area (Å²) in [5.41, 5.74) is 0.875. The zero-order valence-electron chi connectivity index (χ0n) is 17.2. The lowest BCUT2D eigenvalue weighted by atomic mass is 9.79. The van der Waals surface area contributed by atoms with Crippen LogP contribution in [0, 0.1) is 0 Å². The van der Waals surface area contributed by atoms with Gasteiger partial charge in [-0.2, -0.15) is 0 Å². The van der Waals surface area contributed by atoms with Crippen LogP contribution in [0.15, 0.2) is 54.6 Å². The standard InChI is InChI=1S/C24H30N2O4/c27-21-8-4-5-19(17-21)9-10-23(28)26-12-11-24(29,20-6-2-1-3-7-20)22(18-26)25-13-15-30-16-14-25/h1-8,17,22,27,29H,9-16,18H2/t22-,24+/m1/s1. The Hall–Kier alpha value is -2.41. The summed E-state index contributed by atoms with van der Waals surface area (Å²) in [4.78, 5) is 17.1. The van der Waals surface area contributed by atoms with Crippen LogP contribution in [0.2, 0.25) is 0 Å². The molecule has 6 nitrogen and oxygen atoms in total. The third-order valence-electron chi connectivity index (χ3n) is 6.36. The number of piperidine rings is 1. The van der Waals surface area contributed by atoms with E-state index < -0.39 is 5.60 Å². The van der Waals surface area contributed by atoms with Gasteiger partial charge in [0.25, 0.3) is 0 Å². The Morgan fingerprint density at radius 3 is 2.57 bits per heavy atom. The van der Waals surface area contributed by atoms with Gasteiger partial charge in [-0.3, -0.25) is 9.69 Å². The van der Waals surface area contributed by atoms with Crippen LogP contribution >= 0.6 is 0 Å². The van der Waals surface area contributed by atoms with Gasteiger partial charge in [0.05, 0.1) is 19.3 Å². The van der Waals surface area contributed by atoms with Crippen molar-refractivity contribution in [1.82, 2.24) is 9.80 Å². The molecule has 0 bridgehead atoms. The van der Waals surface area contributed by atoms with Crippen molar-refractivity contribution in [2.45, 2.75) is 30.9 Å². The highest BCUT2D eigenvalue weighted by atomic mass is 16.5. The lowest BCUT2D eigenvalue weighted by molar-refractivity contribution is -0.147. The second-order valence-corrected chi connectivity index (χ2v) is 8.21. The number of hydrogen-bond donors (Lipinski definition) is 2. The van der Waals surface area contributed by atoms with Gasteiger partial charge in [0.2, 0.25) is 5.91 Å². The van der Waals surface area contributed by atoms with Crippen molar-refractivity contribution in [2.24, 2.45) is 0 Å². The first kappa shape index (κ1) is 20.8. The second-order valence-electron chi connectivity index (χ2n) is 8.21. The van der Waals surface area contributed by atoms with Crippen LogP contribution in [-0.4, -0.2) is 71.4 Å². The van der Waals surface area contributed by atoms with E-state index in [2.05, 4.69) is 4.90 Å². The Bertz CT molecular complexity index is 853. The SMILES string of the molecule is O=C(CCc1cccc(O)c1)N1CC[C@](O)(c2ccccc2)[C@H](N2CCOCC2)C1. The van der Waals surface area contributed by atoms with Crippen molar-refractivity contribution >= 4 is 5.91 Å². The molecule has 2 aromatic carbocycles. The zero-order chi connectivity index (χ0) is 21.0. The van der Waals surface area contributed by atoms with Gasteiger partial charge in [-0.25, -0.2) is 0 Å². The maximum atomic E-state index is 13.0. The van der Waals surface area contributed by atoms with Crippen molar-refractivity contribution in [1.29, 1.82) is 0 Å². The number of aryl methyl sites for hydroxylation is 1. The minimum Gasteiger partial charge on any atom is -0.508 e. The van der Waals surface area contributed by atoms with Gasteiger partial charge in [0, 0.05) is 32.6 Å². The summed E-state index contributed by atoms with van der Waals surface area (Å²) in [6, 6.07) is 16.7. The van der Waals surface area contributed by atoms with E-state index in [4.69, 9.17) is 4.74 Å².